The zero-order chi connectivity index (χ0) is 12.4. The molecule has 0 aliphatic carbocycles. The van der Waals surface area contributed by atoms with Gasteiger partial charge in [0.05, 0.1) is 5.69 Å². The van der Waals surface area contributed by atoms with Crippen molar-refractivity contribution in [3.05, 3.63) is 11.3 Å². The number of nitrogens with zero attached hydrogens (tertiary/aromatic N) is 2. The summed E-state index contributed by atoms with van der Waals surface area (Å²) in [5.41, 5.74) is 6.34. The molecule has 1 aliphatic rings. The monoisotopic (exact) mass is 238 g/mol. The molecule has 1 amide bonds. The van der Waals surface area contributed by atoms with E-state index in [2.05, 4.69) is 10.4 Å². The van der Waals surface area contributed by atoms with Gasteiger partial charge in [-0.15, -0.1) is 0 Å². The molecule has 0 bridgehead atoms. The van der Waals surface area contributed by atoms with Gasteiger partial charge in [-0.25, -0.2) is 4.68 Å². The second-order valence-electron chi connectivity index (χ2n) is 4.34. The first kappa shape index (κ1) is 11.9. The number of ether oxygens (including phenoxy) is 1. The lowest BCUT2D eigenvalue weighted by molar-refractivity contribution is 0.0986. The quantitative estimate of drug-likeness (QED) is 0.774. The first-order valence-corrected chi connectivity index (χ1v) is 5.80. The predicted molar refractivity (Wildman–Crippen MR) is 63.0 cm³/mol. The summed E-state index contributed by atoms with van der Waals surface area (Å²) in [4.78, 5) is 11.4. The maximum absolute atomic E-state index is 11.4. The van der Waals surface area contributed by atoms with E-state index in [9.17, 15) is 4.79 Å². The number of hydrogen-bond donors (Lipinski definition) is 2. The number of aryl methyl sites for hydroxylation is 2. The van der Waals surface area contributed by atoms with Crippen molar-refractivity contribution in [1.82, 2.24) is 15.1 Å². The van der Waals surface area contributed by atoms with Gasteiger partial charge in [-0.3, -0.25) is 4.79 Å². The Morgan fingerprint density at radius 3 is 3.00 bits per heavy atom. The van der Waals surface area contributed by atoms with Gasteiger partial charge in [-0.2, -0.15) is 5.10 Å². The minimum absolute atomic E-state index is 0.0802. The van der Waals surface area contributed by atoms with Crippen LogP contribution in [0, 0.1) is 6.92 Å². The average molecular weight is 238 g/mol. The van der Waals surface area contributed by atoms with Gasteiger partial charge in [0.1, 0.15) is 11.7 Å². The lowest BCUT2D eigenvalue weighted by Crippen LogP contribution is -2.37. The van der Waals surface area contributed by atoms with Gasteiger partial charge in [-0.1, -0.05) is 0 Å². The van der Waals surface area contributed by atoms with Crippen LogP contribution in [-0.2, 0) is 7.05 Å². The number of piperidine rings is 1. The summed E-state index contributed by atoms with van der Waals surface area (Å²) in [6.45, 7) is 3.57. The van der Waals surface area contributed by atoms with E-state index in [-0.39, 0.29) is 6.10 Å². The normalized spacial score (nSPS) is 20.2. The first-order chi connectivity index (χ1) is 8.09. The van der Waals surface area contributed by atoms with Gasteiger partial charge in [-0.05, 0) is 26.3 Å². The Hall–Kier alpha value is -1.56. The van der Waals surface area contributed by atoms with Crippen LogP contribution in [0.2, 0.25) is 0 Å². The number of rotatable bonds is 3. The van der Waals surface area contributed by atoms with Gasteiger partial charge in [0.2, 0.25) is 5.88 Å². The van der Waals surface area contributed by atoms with E-state index in [1.807, 2.05) is 0 Å². The maximum atomic E-state index is 11.4. The standard InChI is InChI=1S/C11H18N4O2/c1-7-9(10(12)16)11(15(2)14-7)17-8-4-3-5-13-6-8/h8,13H,3-6H2,1-2H3,(H2,12,16)/t8-/m0/s1. The minimum atomic E-state index is -0.491. The van der Waals surface area contributed by atoms with E-state index in [0.29, 0.717) is 17.1 Å². The van der Waals surface area contributed by atoms with Crippen molar-refractivity contribution < 1.29 is 9.53 Å². The number of carbonyl (C=O) groups excluding carboxylic acids is 1. The second kappa shape index (κ2) is 4.75. The van der Waals surface area contributed by atoms with Crippen molar-refractivity contribution >= 4 is 5.91 Å². The Kier molecular flexibility index (Phi) is 3.33. The fraction of sp³-hybridized carbons (Fsp3) is 0.636. The lowest BCUT2D eigenvalue weighted by Gasteiger charge is -2.24. The van der Waals surface area contributed by atoms with Crippen molar-refractivity contribution in [1.29, 1.82) is 0 Å². The number of nitrogens with two attached hydrogens (primary N) is 1. The molecule has 0 saturated carbocycles. The SMILES string of the molecule is Cc1nn(C)c(O[C@H]2CCCNC2)c1C(N)=O. The van der Waals surface area contributed by atoms with Gasteiger partial charge in [0.15, 0.2) is 0 Å². The van der Waals surface area contributed by atoms with Crippen LogP contribution in [-0.4, -0.2) is 34.9 Å². The van der Waals surface area contributed by atoms with Crippen LogP contribution < -0.4 is 15.8 Å². The summed E-state index contributed by atoms with van der Waals surface area (Å²) in [7, 11) is 1.75. The van der Waals surface area contributed by atoms with Gasteiger partial charge < -0.3 is 15.8 Å². The molecule has 1 aromatic heterocycles. The number of nitrogens with one attached hydrogen (secondary N) is 1. The Labute approximate surface area is 100 Å². The number of amides is 1. The largest absolute Gasteiger partial charge is 0.473 e. The molecular weight excluding hydrogens is 220 g/mol. The number of hydrogen-bond acceptors (Lipinski definition) is 4. The van der Waals surface area contributed by atoms with Crippen molar-refractivity contribution in [2.75, 3.05) is 13.1 Å². The highest BCUT2D eigenvalue weighted by molar-refractivity contribution is 5.96. The van der Waals surface area contributed by atoms with Crippen molar-refractivity contribution in [3.63, 3.8) is 0 Å². The molecule has 1 fully saturated rings. The minimum Gasteiger partial charge on any atom is -0.473 e. The molecule has 17 heavy (non-hydrogen) atoms. The molecule has 94 valence electrons. The molecule has 6 heteroatoms. The zero-order valence-electron chi connectivity index (χ0n) is 10.2. The van der Waals surface area contributed by atoms with Crippen LogP contribution in [0.1, 0.15) is 28.9 Å². The fourth-order valence-electron chi connectivity index (χ4n) is 2.13. The molecule has 2 heterocycles. The Bertz CT molecular complexity index is 421. The maximum Gasteiger partial charge on any atom is 0.256 e. The van der Waals surface area contributed by atoms with Crippen molar-refractivity contribution in [3.8, 4) is 5.88 Å². The summed E-state index contributed by atoms with van der Waals surface area (Å²) in [6.07, 6.45) is 2.14. The number of aromatic nitrogens is 2. The summed E-state index contributed by atoms with van der Waals surface area (Å²) in [6, 6.07) is 0. The van der Waals surface area contributed by atoms with Crippen LogP contribution >= 0.6 is 0 Å². The molecule has 3 N–H and O–H groups in total. The van der Waals surface area contributed by atoms with Crippen LogP contribution in [0.15, 0.2) is 0 Å². The molecule has 1 atom stereocenters. The smallest absolute Gasteiger partial charge is 0.256 e. The first-order valence-electron chi connectivity index (χ1n) is 5.80. The molecule has 1 saturated heterocycles. The summed E-state index contributed by atoms with van der Waals surface area (Å²) in [5.74, 6) is -0.0157. The second-order valence-corrected chi connectivity index (χ2v) is 4.34. The third-order valence-electron chi connectivity index (χ3n) is 2.95. The van der Waals surface area contributed by atoms with Crippen LogP contribution in [0.4, 0.5) is 0 Å². The van der Waals surface area contributed by atoms with E-state index in [1.165, 1.54) is 0 Å². The van der Waals surface area contributed by atoms with Crippen LogP contribution in [0.3, 0.4) is 0 Å². The Morgan fingerprint density at radius 1 is 1.65 bits per heavy atom. The van der Waals surface area contributed by atoms with Crippen molar-refractivity contribution in [2.24, 2.45) is 12.8 Å². The average Bonchev–Trinajstić information content (AvgIpc) is 2.55. The van der Waals surface area contributed by atoms with Gasteiger partial charge in [0, 0.05) is 13.6 Å². The molecular formula is C11H18N4O2. The van der Waals surface area contributed by atoms with E-state index in [4.69, 9.17) is 10.5 Å². The predicted octanol–water partition coefficient (Wildman–Crippen LogP) is -0.0418. The van der Waals surface area contributed by atoms with Crippen LogP contribution in [0.5, 0.6) is 5.88 Å². The molecule has 0 unspecified atom stereocenters. The third kappa shape index (κ3) is 2.41. The van der Waals surface area contributed by atoms with E-state index in [0.717, 1.165) is 25.9 Å². The van der Waals surface area contributed by atoms with E-state index in [1.54, 1.807) is 18.7 Å². The summed E-state index contributed by atoms with van der Waals surface area (Å²) >= 11 is 0. The highest BCUT2D eigenvalue weighted by Gasteiger charge is 2.23. The number of primary amides is 1. The summed E-state index contributed by atoms with van der Waals surface area (Å²) < 4.78 is 7.41. The van der Waals surface area contributed by atoms with Crippen LogP contribution in [0.25, 0.3) is 0 Å². The molecule has 0 spiro atoms. The highest BCUT2D eigenvalue weighted by atomic mass is 16.5. The third-order valence-corrected chi connectivity index (χ3v) is 2.95. The van der Waals surface area contributed by atoms with Crippen molar-refractivity contribution in [2.45, 2.75) is 25.9 Å². The van der Waals surface area contributed by atoms with Gasteiger partial charge >= 0.3 is 0 Å². The molecule has 2 rings (SSSR count). The number of carbonyl (C=O) groups is 1. The molecule has 1 aromatic rings. The Balaban J connectivity index is 2.21. The van der Waals surface area contributed by atoms with E-state index >= 15 is 0 Å². The fourth-order valence-corrected chi connectivity index (χ4v) is 2.13. The highest BCUT2D eigenvalue weighted by Crippen LogP contribution is 2.23. The van der Waals surface area contributed by atoms with E-state index < -0.39 is 5.91 Å². The topological polar surface area (TPSA) is 82.2 Å². The summed E-state index contributed by atoms with van der Waals surface area (Å²) in [5, 5.41) is 7.43. The molecule has 0 radical (unpaired) electrons. The zero-order valence-corrected chi connectivity index (χ0v) is 10.2. The molecule has 0 aromatic carbocycles. The lowest BCUT2D eigenvalue weighted by atomic mass is 10.1. The van der Waals surface area contributed by atoms with Gasteiger partial charge in [0.25, 0.3) is 5.91 Å². The molecule has 6 nitrogen and oxygen atoms in total. The Morgan fingerprint density at radius 2 is 2.41 bits per heavy atom. The molecule has 1 aliphatic heterocycles.